The molecule has 33 heavy (non-hydrogen) atoms. The molecule has 170 valence electrons. The third kappa shape index (κ3) is 4.20. The first-order valence-electron chi connectivity index (χ1n) is 10.6. The number of hydrogen-bond acceptors (Lipinski definition) is 6. The molecule has 10 heteroatoms. The van der Waals surface area contributed by atoms with E-state index < -0.39 is 10.0 Å². The first-order chi connectivity index (χ1) is 15.8. The fourth-order valence-corrected chi connectivity index (χ4v) is 7.08. The highest BCUT2D eigenvalue weighted by atomic mass is 35.5. The lowest BCUT2D eigenvalue weighted by Crippen LogP contribution is -2.50. The van der Waals surface area contributed by atoms with Crippen LogP contribution < -0.4 is 0 Å². The molecule has 1 saturated heterocycles. The van der Waals surface area contributed by atoms with E-state index in [9.17, 15) is 13.2 Å². The summed E-state index contributed by atoms with van der Waals surface area (Å²) in [4.78, 5) is 18.5. The van der Waals surface area contributed by atoms with Crippen molar-refractivity contribution in [1.82, 2.24) is 14.1 Å². The maximum absolute atomic E-state index is 13.2. The molecule has 0 unspecified atom stereocenters. The zero-order valence-electron chi connectivity index (χ0n) is 17.7. The Morgan fingerprint density at radius 1 is 1.00 bits per heavy atom. The summed E-state index contributed by atoms with van der Waals surface area (Å²) < 4.78 is 27.9. The molecule has 1 aromatic heterocycles. The quantitative estimate of drug-likeness (QED) is 0.513. The summed E-state index contributed by atoms with van der Waals surface area (Å²) in [6.45, 7) is 2.40. The number of nitrogens with zero attached hydrogens (tertiary/aromatic N) is 4. The Kier molecular flexibility index (Phi) is 5.79. The van der Waals surface area contributed by atoms with Crippen LogP contribution in [0, 0.1) is 11.5 Å². The minimum Gasteiger partial charge on any atom is -0.335 e. The lowest BCUT2D eigenvalue weighted by Gasteiger charge is -2.33. The Labute approximate surface area is 201 Å². The van der Waals surface area contributed by atoms with Gasteiger partial charge in [-0.05, 0) is 46.7 Å². The average molecular weight is 501 g/mol. The molecule has 2 aromatic carbocycles. The summed E-state index contributed by atoms with van der Waals surface area (Å²) in [7, 11) is -3.66. The molecule has 7 nitrogen and oxygen atoms in total. The van der Waals surface area contributed by atoms with Crippen molar-refractivity contribution in [3.05, 3.63) is 62.8 Å². The number of carbonyl (C=O) groups excluding carboxylic acids is 1. The van der Waals surface area contributed by atoms with E-state index in [-0.39, 0.29) is 23.9 Å². The summed E-state index contributed by atoms with van der Waals surface area (Å²) in [6, 6.07) is 12.3. The van der Waals surface area contributed by atoms with Crippen LogP contribution in [-0.2, 0) is 23.0 Å². The zero-order chi connectivity index (χ0) is 23.2. The zero-order valence-corrected chi connectivity index (χ0v) is 20.1. The fourth-order valence-electron chi connectivity index (χ4n) is 4.32. The van der Waals surface area contributed by atoms with Crippen molar-refractivity contribution in [1.29, 1.82) is 5.26 Å². The second-order valence-corrected chi connectivity index (χ2v) is 11.7. The topological polar surface area (TPSA) is 84.7 Å². The molecule has 3 heterocycles. The van der Waals surface area contributed by atoms with Crippen molar-refractivity contribution >= 4 is 49.6 Å². The number of halogens is 1. The standard InChI is InChI=1S/C23H21ClN4O3S2/c24-19-3-1-17-12-20(4-2-16(17)11-19)33(30,31)28-9-7-27(8-10-28)23(29)22-13-18-14-26(15-25)6-5-21(18)32-22/h1-4,11-13H,5-10,14H2. The Morgan fingerprint density at radius 3 is 2.48 bits per heavy atom. The third-order valence-electron chi connectivity index (χ3n) is 6.16. The van der Waals surface area contributed by atoms with Crippen LogP contribution >= 0.6 is 22.9 Å². The van der Waals surface area contributed by atoms with Crippen LogP contribution in [0.3, 0.4) is 0 Å². The third-order valence-corrected chi connectivity index (χ3v) is 9.51. The monoisotopic (exact) mass is 500 g/mol. The highest BCUT2D eigenvalue weighted by Crippen LogP contribution is 2.30. The van der Waals surface area contributed by atoms with E-state index in [4.69, 9.17) is 16.9 Å². The van der Waals surface area contributed by atoms with Gasteiger partial charge in [0, 0.05) is 49.0 Å². The van der Waals surface area contributed by atoms with Gasteiger partial charge in [0.1, 0.15) is 0 Å². The Hall–Kier alpha value is -2.64. The van der Waals surface area contributed by atoms with E-state index in [0.29, 0.717) is 36.1 Å². The van der Waals surface area contributed by atoms with Crippen molar-refractivity contribution in [3.8, 4) is 6.19 Å². The van der Waals surface area contributed by atoms with Crippen LogP contribution in [0.5, 0.6) is 0 Å². The van der Waals surface area contributed by atoms with Gasteiger partial charge in [0.2, 0.25) is 10.0 Å². The molecule has 0 radical (unpaired) electrons. The minimum absolute atomic E-state index is 0.0717. The van der Waals surface area contributed by atoms with E-state index in [1.54, 1.807) is 40.1 Å². The van der Waals surface area contributed by atoms with E-state index in [1.165, 1.54) is 15.6 Å². The van der Waals surface area contributed by atoms with Gasteiger partial charge in [-0.3, -0.25) is 4.79 Å². The van der Waals surface area contributed by atoms with Gasteiger partial charge in [-0.25, -0.2) is 8.42 Å². The van der Waals surface area contributed by atoms with Crippen LogP contribution in [0.4, 0.5) is 0 Å². The molecule has 1 fully saturated rings. The van der Waals surface area contributed by atoms with E-state index >= 15 is 0 Å². The number of piperazine rings is 1. The van der Waals surface area contributed by atoms with E-state index in [2.05, 4.69) is 6.19 Å². The molecule has 3 aromatic rings. The van der Waals surface area contributed by atoms with Crippen molar-refractivity contribution in [2.75, 3.05) is 32.7 Å². The molecule has 0 N–H and O–H groups in total. The number of thiophene rings is 1. The van der Waals surface area contributed by atoms with E-state index in [1.807, 2.05) is 12.1 Å². The molecular formula is C23H21ClN4O3S2. The van der Waals surface area contributed by atoms with Gasteiger partial charge in [0.05, 0.1) is 16.3 Å². The maximum atomic E-state index is 13.2. The van der Waals surface area contributed by atoms with Crippen LogP contribution in [0.15, 0.2) is 47.4 Å². The summed E-state index contributed by atoms with van der Waals surface area (Å²) in [5, 5.41) is 11.4. The second-order valence-electron chi connectivity index (χ2n) is 8.18. The smallest absolute Gasteiger partial charge is 0.264 e. The van der Waals surface area contributed by atoms with Crippen molar-refractivity contribution in [2.45, 2.75) is 17.9 Å². The fraction of sp³-hybridized carbons (Fsp3) is 0.304. The first kappa shape index (κ1) is 22.2. The summed E-state index contributed by atoms with van der Waals surface area (Å²) in [6.07, 6.45) is 2.93. The molecule has 2 aliphatic heterocycles. The van der Waals surface area contributed by atoms with Crippen LogP contribution in [-0.4, -0.2) is 61.2 Å². The molecule has 0 aliphatic carbocycles. The molecule has 0 atom stereocenters. The number of rotatable bonds is 3. The molecule has 0 spiro atoms. The highest BCUT2D eigenvalue weighted by molar-refractivity contribution is 7.89. The van der Waals surface area contributed by atoms with Gasteiger partial charge in [-0.15, -0.1) is 11.3 Å². The Morgan fingerprint density at radius 2 is 1.73 bits per heavy atom. The molecule has 0 bridgehead atoms. The first-order valence-corrected chi connectivity index (χ1v) is 13.2. The second kappa shape index (κ2) is 8.61. The molecule has 2 aliphatic rings. The predicted octanol–water partition coefficient (Wildman–Crippen LogP) is 3.54. The number of amides is 1. The SMILES string of the molecule is N#CN1CCc2sc(C(=O)N3CCN(S(=O)(=O)c4ccc5cc(Cl)ccc5c4)CC3)cc2C1. The van der Waals surface area contributed by atoms with Crippen molar-refractivity contribution in [2.24, 2.45) is 0 Å². The normalized spacial score (nSPS) is 17.1. The summed E-state index contributed by atoms with van der Waals surface area (Å²) in [5.41, 5.74) is 1.04. The predicted molar refractivity (Wildman–Crippen MR) is 128 cm³/mol. The van der Waals surface area contributed by atoms with Crippen LogP contribution in [0.25, 0.3) is 10.8 Å². The van der Waals surface area contributed by atoms with Crippen LogP contribution in [0.1, 0.15) is 20.1 Å². The van der Waals surface area contributed by atoms with Gasteiger partial charge in [0.25, 0.3) is 5.91 Å². The number of benzene rings is 2. The number of carbonyl (C=O) groups is 1. The average Bonchev–Trinajstić information content (AvgIpc) is 3.26. The lowest BCUT2D eigenvalue weighted by atomic mass is 10.1. The minimum atomic E-state index is -3.66. The van der Waals surface area contributed by atoms with E-state index in [0.717, 1.165) is 27.6 Å². The molecular weight excluding hydrogens is 480 g/mol. The molecule has 1 amide bonds. The highest BCUT2D eigenvalue weighted by Gasteiger charge is 2.31. The number of hydrogen-bond donors (Lipinski definition) is 0. The van der Waals surface area contributed by atoms with Gasteiger partial charge in [-0.2, -0.15) is 9.57 Å². The van der Waals surface area contributed by atoms with Crippen molar-refractivity contribution < 1.29 is 13.2 Å². The number of fused-ring (bicyclic) bond motifs is 2. The van der Waals surface area contributed by atoms with Gasteiger partial charge >= 0.3 is 0 Å². The number of nitriles is 1. The molecule has 5 rings (SSSR count). The number of sulfonamides is 1. The Balaban J connectivity index is 1.28. The Bertz CT molecular complexity index is 1390. The van der Waals surface area contributed by atoms with Crippen LogP contribution in [0.2, 0.25) is 5.02 Å². The summed E-state index contributed by atoms with van der Waals surface area (Å²) >= 11 is 7.51. The maximum Gasteiger partial charge on any atom is 0.264 e. The summed E-state index contributed by atoms with van der Waals surface area (Å²) in [5.74, 6) is -0.0717. The van der Waals surface area contributed by atoms with Crippen molar-refractivity contribution in [3.63, 3.8) is 0 Å². The largest absolute Gasteiger partial charge is 0.335 e. The van der Waals surface area contributed by atoms with Gasteiger partial charge in [0.15, 0.2) is 6.19 Å². The molecule has 0 saturated carbocycles. The lowest BCUT2D eigenvalue weighted by molar-refractivity contribution is 0.0702. The van der Waals surface area contributed by atoms with Gasteiger partial charge < -0.3 is 9.80 Å². The van der Waals surface area contributed by atoms with Gasteiger partial charge in [-0.1, -0.05) is 23.7 Å².